The molecule has 6 N–H and O–H groups in total. The number of carbonyl (C=O) groups excluding carboxylic acids is 1. The minimum Gasteiger partial charge on any atom is -0.384 e. The number of hydrogen-bond donors (Lipinski definition) is 4. The number of nitrogens with one attached hydrogen (secondary N) is 2. The molecule has 3 aromatic rings. The van der Waals surface area contributed by atoms with Gasteiger partial charge in [-0.05, 0) is 24.3 Å². The van der Waals surface area contributed by atoms with Gasteiger partial charge in [-0.15, -0.1) is 0 Å². The van der Waals surface area contributed by atoms with Gasteiger partial charge in [-0.3, -0.25) is 4.79 Å². The van der Waals surface area contributed by atoms with Crippen LogP contribution in [0.2, 0.25) is 0 Å². The van der Waals surface area contributed by atoms with Crippen LogP contribution in [0.4, 0.5) is 5.69 Å². The van der Waals surface area contributed by atoms with Crippen LogP contribution in [0.25, 0.3) is 22.4 Å². The first kappa shape index (κ1) is 14.1. The molecule has 0 unspecified atom stereocenters. The van der Waals surface area contributed by atoms with E-state index in [1.165, 1.54) is 0 Å². The molecule has 0 saturated heterocycles. The number of hydrogen-bond acceptors (Lipinski definition) is 4. The second-order valence-electron chi connectivity index (χ2n) is 4.95. The monoisotopic (exact) mass is 295 g/mol. The molecule has 1 heterocycles. The van der Waals surface area contributed by atoms with E-state index in [2.05, 4.69) is 15.3 Å². The third-order valence-corrected chi connectivity index (χ3v) is 3.39. The largest absolute Gasteiger partial charge is 0.384 e. The zero-order valence-electron chi connectivity index (χ0n) is 12.0. The molecular formula is C16H17N5O. The molecule has 0 aliphatic rings. The average Bonchev–Trinajstić information content (AvgIpc) is 2.97. The van der Waals surface area contributed by atoms with Crippen molar-refractivity contribution in [2.45, 2.75) is 0 Å². The fourth-order valence-corrected chi connectivity index (χ4v) is 2.36. The Kier molecular flexibility index (Phi) is 3.76. The Morgan fingerprint density at radius 1 is 1.23 bits per heavy atom. The summed E-state index contributed by atoms with van der Waals surface area (Å²) in [5, 5.41) is 3.23. The number of amides is 1. The Bertz CT molecular complexity index is 824. The maximum atomic E-state index is 11.5. The number of nitrogens with two attached hydrogens (primary N) is 2. The van der Waals surface area contributed by atoms with E-state index in [9.17, 15) is 4.79 Å². The van der Waals surface area contributed by atoms with Crippen molar-refractivity contribution >= 4 is 22.6 Å². The second-order valence-corrected chi connectivity index (χ2v) is 4.95. The summed E-state index contributed by atoms with van der Waals surface area (Å²) in [7, 11) is 0. The summed E-state index contributed by atoms with van der Waals surface area (Å²) < 4.78 is 0. The summed E-state index contributed by atoms with van der Waals surface area (Å²) >= 11 is 0. The number of aromatic amines is 1. The number of rotatable bonds is 5. The van der Waals surface area contributed by atoms with Gasteiger partial charge in [-0.2, -0.15) is 0 Å². The zero-order chi connectivity index (χ0) is 15.5. The van der Waals surface area contributed by atoms with Crippen LogP contribution >= 0.6 is 0 Å². The number of imidazole rings is 1. The second kappa shape index (κ2) is 5.87. The first-order chi connectivity index (χ1) is 10.7. The molecular weight excluding hydrogens is 278 g/mol. The number of fused-ring (bicyclic) bond motifs is 1. The minimum atomic E-state index is -0.484. The third-order valence-electron chi connectivity index (χ3n) is 3.39. The molecule has 1 aromatic heterocycles. The predicted molar refractivity (Wildman–Crippen MR) is 87.6 cm³/mol. The van der Waals surface area contributed by atoms with Gasteiger partial charge >= 0.3 is 0 Å². The fraction of sp³-hybridized carbons (Fsp3) is 0.125. The first-order valence-corrected chi connectivity index (χ1v) is 7.02. The highest BCUT2D eigenvalue weighted by Gasteiger charge is 2.12. The number of primary amides is 1. The van der Waals surface area contributed by atoms with Crippen LogP contribution < -0.4 is 16.8 Å². The Labute approximate surface area is 127 Å². The van der Waals surface area contributed by atoms with Gasteiger partial charge in [0, 0.05) is 24.3 Å². The lowest BCUT2D eigenvalue weighted by Gasteiger charge is -2.05. The molecule has 0 saturated carbocycles. The lowest BCUT2D eigenvalue weighted by atomic mass is 10.2. The molecule has 6 nitrogen and oxygen atoms in total. The number of benzene rings is 2. The molecule has 0 aliphatic heterocycles. The van der Waals surface area contributed by atoms with Crippen molar-refractivity contribution in [1.82, 2.24) is 9.97 Å². The van der Waals surface area contributed by atoms with Crippen molar-refractivity contribution in [1.29, 1.82) is 0 Å². The van der Waals surface area contributed by atoms with Crippen molar-refractivity contribution in [3.05, 3.63) is 48.0 Å². The van der Waals surface area contributed by atoms with Crippen molar-refractivity contribution in [3.8, 4) is 11.4 Å². The molecule has 3 rings (SSSR count). The van der Waals surface area contributed by atoms with Crippen LogP contribution in [-0.2, 0) is 0 Å². The number of nitrogens with zero attached hydrogens (tertiary/aromatic N) is 1. The minimum absolute atomic E-state index is 0.414. The molecule has 0 spiro atoms. The van der Waals surface area contributed by atoms with E-state index in [-0.39, 0.29) is 0 Å². The summed E-state index contributed by atoms with van der Waals surface area (Å²) in [5.74, 6) is 0.210. The molecule has 0 fully saturated rings. The number of aromatic nitrogens is 2. The summed E-state index contributed by atoms with van der Waals surface area (Å²) in [6, 6.07) is 13.2. The van der Waals surface area contributed by atoms with E-state index in [1.54, 1.807) is 12.1 Å². The summed E-state index contributed by atoms with van der Waals surface area (Å²) in [5.41, 5.74) is 14.6. The molecule has 0 aliphatic carbocycles. The van der Waals surface area contributed by atoms with Gasteiger partial charge in [0.1, 0.15) is 11.3 Å². The van der Waals surface area contributed by atoms with Crippen LogP contribution in [0, 0.1) is 0 Å². The van der Waals surface area contributed by atoms with Crippen molar-refractivity contribution in [3.63, 3.8) is 0 Å². The maximum absolute atomic E-state index is 11.5. The average molecular weight is 295 g/mol. The topological polar surface area (TPSA) is 110 Å². The quantitative estimate of drug-likeness (QED) is 0.574. The van der Waals surface area contributed by atoms with Gasteiger partial charge in [-0.1, -0.05) is 18.2 Å². The summed E-state index contributed by atoms with van der Waals surface area (Å²) in [4.78, 5) is 19.2. The zero-order valence-corrected chi connectivity index (χ0v) is 12.0. The van der Waals surface area contributed by atoms with E-state index in [4.69, 9.17) is 11.5 Å². The van der Waals surface area contributed by atoms with Crippen LogP contribution in [0.3, 0.4) is 0 Å². The van der Waals surface area contributed by atoms with Crippen LogP contribution in [0.5, 0.6) is 0 Å². The number of H-pyrrole nitrogens is 1. The Morgan fingerprint density at radius 2 is 2.05 bits per heavy atom. The number of anilines is 1. The van der Waals surface area contributed by atoms with E-state index >= 15 is 0 Å². The van der Waals surface area contributed by atoms with Crippen LogP contribution in [0.1, 0.15) is 10.4 Å². The standard InChI is InChI=1S/C16H17N5O/c17-7-8-19-11-4-1-3-10(9-11)16-20-13-6-2-5-12(15(18)22)14(13)21-16/h1-6,9,19H,7-8,17H2,(H2,18,22)(H,20,21). The van der Waals surface area contributed by atoms with Gasteiger partial charge < -0.3 is 21.8 Å². The first-order valence-electron chi connectivity index (χ1n) is 7.02. The molecule has 0 atom stereocenters. The summed E-state index contributed by atoms with van der Waals surface area (Å²) in [6.07, 6.45) is 0. The smallest absolute Gasteiger partial charge is 0.250 e. The van der Waals surface area contributed by atoms with Crippen LogP contribution in [0.15, 0.2) is 42.5 Å². The normalized spacial score (nSPS) is 10.8. The van der Waals surface area contributed by atoms with Gasteiger partial charge in [0.15, 0.2) is 0 Å². The predicted octanol–water partition coefficient (Wildman–Crippen LogP) is 1.70. The molecule has 0 bridgehead atoms. The number of carbonyl (C=O) groups is 1. The Hall–Kier alpha value is -2.86. The van der Waals surface area contributed by atoms with E-state index < -0.39 is 5.91 Å². The van der Waals surface area contributed by atoms with E-state index in [0.29, 0.717) is 30.0 Å². The maximum Gasteiger partial charge on any atom is 0.250 e. The van der Waals surface area contributed by atoms with Gasteiger partial charge in [-0.25, -0.2) is 4.98 Å². The lowest BCUT2D eigenvalue weighted by Crippen LogP contribution is -2.12. The van der Waals surface area contributed by atoms with Crippen LogP contribution in [-0.4, -0.2) is 29.0 Å². The number of para-hydroxylation sites is 1. The van der Waals surface area contributed by atoms with Gasteiger partial charge in [0.25, 0.3) is 5.91 Å². The highest BCUT2D eigenvalue weighted by Crippen LogP contribution is 2.24. The molecule has 0 radical (unpaired) electrons. The van der Waals surface area contributed by atoms with Crippen molar-refractivity contribution in [2.24, 2.45) is 11.5 Å². The SMILES string of the molecule is NCCNc1cccc(-c2nc3c(C(N)=O)cccc3[nH]2)c1. The molecule has 6 heteroatoms. The summed E-state index contributed by atoms with van der Waals surface area (Å²) in [6.45, 7) is 1.27. The van der Waals surface area contributed by atoms with Crippen molar-refractivity contribution < 1.29 is 4.79 Å². The molecule has 1 amide bonds. The van der Waals surface area contributed by atoms with E-state index in [0.717, 1.165) is 16.8 Å². The highest BCUT2D eigenvalue weighted by molar-refractivity contribution is 6.04. The molecule has 22 heavy (non-hydrogen) atoms. The van der Waals surface area contributed by atoms with Gasteiger partial charge in [0.2, 0.25) is 0 Å². The Morgan fingerprint density at radius 3 is 2.82 bits per heavy atom. The highest BCUT2D eigenvalue weighted by atomic mass is 16.1. The fourth-order valence-electron chi connectivity index (χ4n) is 2.36. The molecule has 2 aromatic carbocycles. The lowest BCUT2D eigenvalue weighted by molar-refractivity contribution is 0.100. The van der Waals surface area contributed by atoms with E-state index in [1.807, 2.05) is 30.3 Å². The van der Waals surface area contributed by atoms with Crippen molar-refractivity contribution in [2.75, 3.05) is 18.4 Å². The Balaban J connectivity index is 2.03. The third kappa shape index (κ3) is 2.64. The molecule has 112 valence electrons. The van der Waals surface area contributed by atoms with Gasteiger partial charge in [0.05, 0.1) is 11.1 Å².